The summed E-state index contributed by atoms with van der Waals surface area (Å²) >= 11 is 3.69. The minimum atomic E-state index is 0.521. The molecule has 0 saturated heterocycles. The zero-order chi connectivity index (χ0) is 8.39. The lowest BCUT2D eigenvalue weighted by molar-refractivity contribution is -0.00000597. The van der Waals surface area contributed by atoms with Crippen LogP contribution in [0, 0.1) is 0 Å². The van der Waals surface area contributed by atoms with Crippen molar-refractivity contribution < 1.29 is 4.74 Å². The molecule has 0 heterocycles. The Labute approximate surface area is 83.0 Å². The first-order chi connectivity index (χ1) is 5.86. The second-order valence-corrected chi connectivity index (χ2v) is 5.20. The SMILES string of the molecule is BrC1CCCC1OC1CCCC1. The van der Waals surface area contributed by atoms with Crippen LogP contribution in [-0.4, -0.2) is 17.0 Å². The second-order valence-electron chi connectivity index (χ2n) is 4.03. The maximum Gasteiger partial charge on any atom is 0.0703 e. The standard InChI is InChI=1S/C10H17BrO/c11-9-6-3-7-10(9)12-8-4-1-2-5-8/h8-10H,1-7H2. The topological polar surface area (TPSA) is 9.23 Å². The number of hydrogen-bond donors (Lipinski definition) is 0. The van der Waals surface area contributed by atoms with E-state index in [-0.39, 0.29) is 0 Å². The second kappa shape index (κ2) is 4.10. The van der Waals surface area contributed by atoms with Crippen molar-refractivity contribution in [1.29, 1.82) is 0 Å². The molecule has 0 aromatic carbocycles. The molecular weight excluding hydrogens is 216 g/mol. The van der Waals surface area contributed by atoms with Crippen molar-refractivity contribution in [3.05, 3.63) is 0 Å². The van der Waals surface area contributed by atoms with E-state index in [1.54, 1.807) is 0 Å². The van der Waals surface area contributed by atoms with E-state index >= 15 is 0 Å². The van der Waals surface area contributed by atoms with Crippen LogP contribution in [0.2, 0.25) is 0 Å². The first kappa shape index (κ1) is 9.01. The van der Waals surface area contributed by atoms with Crippen LogP contribution in [0.4, 0.5) is 0 Å². The average Bonchev–Trinajstić information content (AvgIpc) is 2.65. The fourth-order valence-electron chi connectivity index (χ4n) is 2.31. The van der Waals surface area contributed by atoms with Crippen LogP contribution in [0.1, 0.15) is 44.9 Å². The highest BCUT2D eigenvalue weighted by molar-refractivity contribution is 9.09. The van der Waals surface area contributed by atoms with E-state index < -0.39 is 0 Å². The third kappa shape index (κ3) is 2.02. The van der Waals surface area contributed by atoms with E-state index in [4.69, 9.17) is 4.74 Å². The molecule has 0 amide bonds. The van der Waals surface area contributed by atoms with Gasteiger partial charge >= 0.3 is 0 Å². The summed E-state index contributed by atoms with van der Waals surface area (Å²) in [6, 6.07) is 0. The van der Waals surface area contributed by atoms with E-state index in [2.05, 4.69) is 15.9 Å². The Morgan fingerprint density at radius 2 is 1.67 bits per heavy atom. The summed E-state index contributed by atoms with van der Waals surface area (Å²) in [6.45, 7) is 0. The molecule has 2 fully saturated rings. The summed E-state index contributed by atoms with van der Waals surface area (Å²) in [5.41, 5.74) is 0. The Hall–Kier alpha value is 0.440. The quantitative estimate of drug-likeness (QED) is 0.665. The Kier molecular flexibility index (Phi) is 3.08. The maximum atomic E-state index is 6.04. The van der Waals surface area contributed by atoms with Crippen molar-refractivity contribution in [2.75, 3.05) is 0 Å². The summed E-state index contributed by atoms with van der Waals surface area (Å²) in [5.74, 6) is 0. The molecule has 2 saturated carbocycles. The monoisotopic (exact) mass is 232 g/mol. The third-order valence-electron chi connectivity index (χ3n) is 3.04. The van der Waals surface area contributed by atoms with Gasteiger partial charge in [0.05, 0.1) is 12.2 Å². The molecule has 0 aliphatic heterocycles. The maximum absolute atomic E-state index is 6.04. The predicted octanol–water partition coefficient (Wildman–Crippen LogP) is 3.26. The Bertz CT molecular complexity index is 143. The molecule has 1 nitrogen and oxygen atoms in total. The molecule has 0 aromatic rings. The van der Waals surface area contributed by atoms with Gasteiger partial charge in [0.2, 0.25) is 0 Å². The van der Waals surface area contributed by atoms with Gasteiger partial charge in [0.25, 0.3) is 0 Å². The summed E-state index contributed by atoms with van der Waals surface area (Å²) in [5, 5.41) is 0. The van der Waals surface area contributed by atoms with E-state index in [0.29, 0.717) is 17.0 Å². The molecule has 2 unspecified atom stereocenters. The fraction of sp³-hybridized carbons (Fsp3) is 1.00. The van der Waals surface area contributed by atoms with Gasteiger partial charge in [0, 0.05) is 4.83 Å². The Balaban J connectivity index is 1.77. The van der Waals surface area contributed by atoms with Gasteiger partial charge in [0.15, 0.2) is 0 Å². The van der Waals surface area contributed by atoms with Gasteiger partial charge in [0.1, 0.15) is 0 Å². The fourth-order valence-corrected chi connectivity index (χ4v) is 3.02. The first-order valence-corrected chi connectivity index (χ1v) is 6.07. The minimum Gasteiger partial charge on any atom is -0.374 e. The van der Waals surface area contributed by atoms with Crippen molar-refractivity contribution in [1.82, 2.24) is 0 Å². The molecule has 2 aliphatic carbocycles. The minimum absolute atomic E-state index is 0.521. The lowest BCUT2D eigenvalue weighted by atomic mass is 10.2. The lowest BCUT2D eigenvalue weighted by Gasteiger charge is -2.20. The van der Waals surface area contributed by atoms with Crippen molar-refractivity contribution in [2.24, 2.45) is 0 Å². The molecule has 2 aliphatic rings. The zero-order valence-corrected chi connectivity index (χ0v) is 9.05. The summed E-state index contributed by atoms with van der Waals surface area (Å²) in [6.07, 6.45) is 10.4. The van der Waals surface area contributed by atoms with Crippen LogP contribution in [0.15, 0.2) is 0 Å². The van der Waals surface area contributed by atoms with Crippen molar-refractivity contribution in [3.63, 3.8) is 0 Å². The molecule has 0 bridgehead atoms. The molecule has 2 rings (SSSR count). The predicted molar refractivity (Wildman–Crippen MR) is 53.7 cm³/mol. The van der Waals surface area contributed by atoms with Crippen LogP contribution < -0.4 is 0 Å². The average molecular weight is 233 g/mol. The molecule has 0 spiro atoms. The van der Waals surface area contributed by atoms with Gasteiger partial charge in [-0.15, -0.1) is 0 Å². The zero-order valence-electron chi connectivity index (χ0n) is 7.47. The van der Waals surface area contributed by atoms with E-state index in [1.165, 1.54) is 44.9 Å². The number of halogens is 1. The highest BCUT2D eigenvalue weighted by Gasteiger charge is 2.29. The van der Waals surface area contributed by atoms with Gasteiger partial charge in [-0.25, -0.2) is 0 Å². The van der Waals surface area contributed by atoms with Crippen molar-refractivity contribution in [2.45, 2.75) is 62.0 Å². The van der Waals surface area contributed by atoms with E-state index in [1.807, 2.05) is 0 Å². The highest BCUT2D eigenvalue weighted by Crippen LogP contribution is 2.32. The normalized spacial score (nSPS) is 37.8. The molecule has 2 atom stereocenters. The molecule has 0 N–H and O–H groups in total. The van der Waals surface area contributed by atoms with Gasteiger partial charge in [-0.1, -0.05) is 28.8 Å². The largest absolute Gasteiger partial charge is 0.374 e. The Morgan fingerprint density at radius 1 is 0.917 bits per heavy atom. The molecular formula is C10H17BrO. The van der Waals surface area contributed by atoms with Crippen molar-refractivity contribution >= 4 is 15.9 Å². The summed E-state index contributed by atoms with van der Waals surface area (Å²) in [7, 11) is 0. The van der Waals surface area contributed by atoms with Crippen LogP contribution in [0.3, 0.4) is 0 Å². The number of alkyl halides is 1. The molecule has 0 aromatic heterocycles. The van der Waals surface area contributed by atoms with Gasteiger partial charge in [-0.2, -0.15) is 0 Å². The Morgan fingerprint density at radius 3 is 2.25 bits per heavy atom. The molecule has 2 heteroatoms. The lowest BCUT2D eigenvalue weighted by Crippen LogP contribution is -2.23. The molecule has 0 radical (unpaired) electrons. The number of rotatable bonds is 2. The smallest absolute Gasteiger partial charge is 0.0703 e. The van der Waals surface area contributed by atoms with Crippen LogP contribution in [-0.2, 0) is 4.74 Å². The highest BCUT2D eigenvalue weighted by atomic mass is 79.9. The van der Waals surface area contributed by atoms with E-state index in [0.717, 1.165) is 0 Å². The van der Waals surface area contributed by atoms with Gasteiger partial charge in [-0.05, 0) is 32.1 Å². The first-order valence-electron chi connectivity index (χ1n) is 5.16. The van der Waals surface area contributed by atoms with Crippen LogP contribution in [0.25, 0.3) is 0 Å². The van der Waals surface area contributed by atoms with Gasteiger partial charge in [-0.3, -0.25) is 0 Å². The third-order valence-corrected chi connectivity index (χ3v) is 4.09. The number of hydrogen-bond acceptors (Lipinski definition) is 1. The van der Waals surface area contributed by atoms with Crippen molar-refractivity contribution in [3.8, 4) is 0 Å². The summed E-state index contributed by atoms with van der Waals surface area (Å²) < 4.78 is 6.04. The number of ether oxygens (including phenoxy) is 1. The molecule has 70 valence electrons. The van der Waals surface area contributed by atoms with Crippen LogP contribution >= 0.6 is 15.9 Å². The van der Waals surface area contributed by atoms with Gasteiger partial charge < -0.3 is 4.74 Å². The van der Waals surface area contributed by atoms with Crippen LogP contribution in [0.5, 0.6) is 0 Å². The molecule has 12 heavy (non-hydrogen) atoms. The van der Waals surface area contributed by atoms with E-state index in [9.17, 15) is 0 Å². The summed E-state index contributed by atoms with van der Waals surface area (Å²) in [4.78, 5) is 0.637.